The second kappa shape index (κ2) is 36.8. The highest BCUT2D eigenvalue weighted by atomic mass is 16.7. The molecule has 456 valence electrons. The first-order valence-electron chi connectivity index (χ1n) is 28.4. The van der Waals surface area contributed by atoms with Gasteiger partial charge in [0.05, 0.1) is 139 Å². The Morgan fingerprint density at radius 1 is 0.405 bits per heavy atom. The van der Waals surface area contributed by atoms with Gasteiger partial charge in [0, 0.05) is 38.2 Å². The lowest BCUT2D eigenvalue weighted by atomic mass is 9.84. The molecule has 14 unspecified atom stereocenters. The maximum absolute atomic E-state index is 11.2. The molecular formula is C59H100O20. The molecule has 0 amide bonds. The lowest BCUT2D eigenvalue weighted by Gasteiger charge is -2.42. The second-order valence-corrected chi connectivity index (χ2v) is 23.3. The number of ether oxygens (including phenoxy) is 12. The van der Waals surface area contributed by atoms with Crippen LogP contribution in [0.15, 0.2) is 48.5 Å². The molecule has 2 heterocycles. The molecule has 2 fully saturated rings. The maximum atomic E-state index is 11.2. The zero-order valence-electron chi connectivity index (χ0n) is 48.4. The Labute approximate surface area is 469 Å². The Morgan fingerprint density at radius 2 is 0.722 bits per heavy atom. The molecule has 79 heavy (non-hydrogen) atoms. The Balaban J connectivity index is 1.21. The Kier molecular flexibility index (Phi) is 32.1. The number of hydrogen-bond acceptors (Lipinski definition) is 20. The summed E-state index contributed by atoms with van der Waals surface area (Å²) in [5, 5.41) is 87.8. The molecule has 0 aromatic heterocycles. The maximum Gasteiger partial charge on any atom is 0.184 e. The van der Waals surface area contributed by atoms with Gasteiger partial charge in [-0.15, -0.1) is 0 Å². The third-order valence-corrected chi connectivity index (χ3v) is 13.9. The van der Waals surface area contributed by atoms with E-state index in [-0.39, 0.29) is 75.4 Å². The number of benzene rings is 2. The Bertz CT molecular complexity index is 1850. The van der Waals surface area contributed by atoms with Gasteiger partial charge >= 0.3 is 0 Å². The van der Waals surface area contributed by atoms with Crippen LogP contribution in [0, 0.1) is 10.8 Å². The van der Waals surface area contributed by atoms with Crippen molar-refractivity contribution in [3.05, 3.63) is 59.7 Å². The summed E-state index contributed by atoms with van der Waals surface area (Å²) in [5.41, 5.74) is 0.848. The molecule has 2 aliphatic rings. The van der Waals surface area contributed by atoms with Crippen molar-refractivity contribution in [2.45, 2.75) is 198 Å². The quantitative estimate of drug-likeness (QED) is 0.0391. The number of methoxy groups -OCH3 is 2. The van der Waals surface area contributed by atoms with Crippen LogP contribution in [0.4, 0.5) is 0 Å². The molecule has 0 aliphatic carbocycles. The third-order valence-electron chi connectivity index (χ3n) is 13.9. The van der Waals surface area contributed by atoms with Crippen molar-refractivity contribution in [1.29, 1.82) is 0 Å². The summed E-state index contributed by atoms with van der Waals surface area (Å²) < 4.78 is 69.0. The molecule has 0 saturated carbocycles. The minimum Gasteiger partial charge on any atom is -0.491 e. The van der Waals surface area contributed by atoms with Crippen molar-refractivity contribution in [2.75, 3.05) is 93.5 Å². The molecule has 20 heteroatoms. The number of aliphatic hydroxyl groups is 8. The van der Waals surface area contributed by atoms with Gasteiger partial charge in [-0.05, 0) is 92.9 Å². The Hall–Kier alpha value is -2.68. The van der Waals surface area contributed by atoms with E-state index in [9.17, 15) is 40.9 Å². The van der Waals surface area contributed by atoms with Crippen molar-refractivity contribution in [2.24, 2.45) is 10.8 Å². The molecule has 2 saturated heterocycles. The molecule has 0 spiro atoms. The van der Waals surface area contributed by atoms with Crippen molar-refractivity contribution in [1.82, 2.24) is 0 Å². The first-order valence-corrected chi connectivity index (χ1v) is 28.4. The van der Waals surface area contributed by atoms with Gasteiger partial charge < -0.3 is 97.7 Å². The lowest BCUT2D eigenvalue weighted by molar-refractivity contribution is -0.270. The van der Waals surface area contributed by atoms with Gasteiger partial charge in [-0.2, -0.15) is 0 Å². The summed E-state index contributed by atoms with van der Waals surface area (Å²) in [6, 6.07) is 14.7. The molecule has 2 aliphatic heterocycles. The lowest BCUT2D eigenvalue weighted by Crippen LogP contribution is -2.42. The van der Waals surface area contributed by atoms with Gasteiger partial charge in [0.2, 0.25) is 0 Å². The van der Waals surface area contributed by atoms with Crippen LogP contribution >= 0.6 is 0 Å². The number of aliphatic hydroxyl groups excluding tert-OH is 8. The average molecular weight is 1130 g/mol. The van der Waals surface area contributed by atoms with E-state index < -0.39 is 79.0 Å². The zero-order valence-corrected chi connectivity index (χ0v) is 48.4. The van der Waals surface area contributed by atoms with E-state index in [1.165, 1.54) is 0 Å². The average Bonchev–Trinajstić information content (AvgIpc) is 3.41. The highest BCUT2D eigenvalue weighted by molar-refractivity contribution is 5.29. The Morgan fingerprint density at radius 3 is 1.08 bits per heavy atom. The minimum absolute atomic E-state index is 0.0267. The van der Waals surface area contributed by atoms with Crippen LogP contribution in [-0.2, 0) is 47.4 Å². The van der Waals surface area contributed by atoms with E-state index in [1.807, 2.05) is 57.2 Å². The van der Waals surface area contributed by atoms with Crippen LogP contribution in [-0.4, -0.2) is 208 Å². The summed E-state index contributed by atoms with van der Waals surface area (Å²) in [7, 11) is 3.24. The van der Waals surface area contributed by atoms with Gasteiger partial charge in [0.15, 0.2) is 12.6 Å². The van der Waals surface area contributed by atoms with E-state index in [0.717, 1.165) is 5.56 Å². The zero-order chi connectivity index (χ0) is 57.8. The number of hydrogen-bond donors (Lipinski definition) is 8. The second-order valence-electron chi connectivity index (χ2n) is 23.3. The van der Waals surface area contributed by atoms with E-state index in [1.54, 1.807) is 26.4 Å². The molecule has 0 bridgehead atoms. The predicted octanol–water partition coefficient (Wildman–Crippen LogP) is 5.34. The van der Waals surface area contributed by atoms with E-state index in [4.69, 9.17) is 56.8 Å². The predicted molar refractivity (Wildman–Crippen MR) is 294 cm³/mol. The molecule has 2 aromatic carbocycles. The standard InChI is InChI=1S/C59H100O20/c1-58(2,3)54(67)37-48(66)36-52-38-51(76-56(77-52)40-9-13-49(14-10-40)74-27-25-72-23-21-70-19-17-68-7)34-46(64)32-44(62)30-42(60)29-43(61)31-45(63)33-47(65)35-53-39-55(59(4,5)6)79-57(78-53)41-11-15-50(16-12-41)75-28-26-73-24-22-71-20-18-69-8/h9-16,42-48,51-57,60-67H,17-39H2,1-8H3. The fourth-order valence-electron chi connectivity index (χ4n) is 9.39. The summed E-state index contributed by atoms with van der Waals surface area (Å²) in [6.45, 7) is 17.4. The van der Waals surface area contributed by atoms with E-state index in [2.05, 4.69) is 20.8 Å². The molecule has 4 rings (SSSR count). The van der Waals surface area contributed by atoms with E-state index in [0.29, 0.717) is 109 Å². The third kappa shape index (κ3) is 28.4. The normalized spacial score (nSPS) is 23.3. The summed E-state index contributed by atoms with van der Waals surface area (Å²) in [6.07, 6.45) is -10.0. The largest absolute Gasteiger partial charge is 0.491 e. The first-order chi connectivity index (χ1) is 37.6. The minimum atomic E-state index is -1.14. The van der Waals surface area contributed by atoms with Gasteiger partial charge in [-0.1, -0.05) is 65.8 Å². The van der Waals surface area contributed by atoms with E-state index >= 15 is 0 Å². The SMILES string of the molecule is COCCOCCOCCOc1ccc(C2OC(CC(O)CC(O)CC(O)CC(O)CC(O)CC(O)CC3CC(C(C)(C)C)OC(c4ccc(OCCOCCOCCOC)cc4)O3)CC(CC(O)CC(O)C(C)(C)C)O2)cc1. The fraction of sp³-hybridized carbons (Fsp3) is 0.797. The molecule has 2 aromatic rings. The van der Waals surface area contributed by atoms with Crippen LogP contribution in [0.1, 0.15) is 136 Å². The van der Waals surface area contributed by atoms with Crippen LogP contribution in [0.2, 0.25) is 0 Å². The van der Waals surface area contributed by atoms with Crippen molar-refractivity contribution < 1.29 is 97.7 Å². The van der Waals surface area contributed by atoms with Gasteiger partial charge in [-0.3, -0.25) is 0 Å². The van der Waals surface area contributed by atoms with Gasteiger partial charge in [0.1, 0.15) is 24.7 Å². The molecular weight excluding hydrogens is 1030 g/mol. The van der Waals surface area contributed by atoms with Crippen LogP contribution in [0.3, 0.4) is 0 Å². The summed E-state index contributed by atoms with van der Waals surface area (Å²) >= 11 is 0. The molecule has 0 radical (unpaired) electrons. The fourth-order valence-corrected chi connectivity index (χ4v) is 9.39. The summed E-state index contributed by atoms with van der Waals surface area (Å²) in [5.74, 6) is 1.29. The highest BCUT2D eigenvalue weighted by Crippen LogP contribution is 2.40. The monoisotopic (exact) mass is 1130 g/mol. The van der Waals surface area contributed by atoms with Gasteiger partial charge in [0.25, 0.3) is 0 Å². The smallest absolute Gasteiger partial charge is 0.184 e. The molecule has 8 N–H and O–H groups in total. The van der Waals surface area contributed by atoms with Crippen LogP contribution in [0.5, 0.6) is 11.5 Å². The van der Waals surface area contributed by atoms with Crippen molar-refractivity contribution in [3.8, 4) is 11.5 Å². The molecule has 14 atom stereocenters. The topological polar surface area (TPSA) is 273 Å². The summed E-state index contributed by atoms with van der Waals surface area (Å²) in [4.78, 5) is 0. The van der Waals surface area contributed by atoms with Gasteiger partial charge in [-0.25, -0.2) is 0 Å². The van der Waals surface area contributed by atoms with Crippen LogP contribution < -0.4 is 9.47 Å². The van der Waals surface area contributed by atoms with Crippen molar-refractivity contribution >= 4 is 0 Å². The number of rotatable bonds is 40. The van der Waals surface area contributed by atoms with Crippen molar-refractivity contribution in [3.63, 3.8) is 0 Å². The molecule has 20 nitrogen and oxygen atoms in total. The van der Waals surface area contributed by atoms with Crippen LogP contribution in [0.25, 0.3) is 0 Å². The highest BCUT2D eigenvalue weighted by Gasteiger charge is 2.39. The first kappa shape index (κ1) is 68.8.